The van der Waals surface area contributed by atoms with Crippen molar-refractivity contribution in [2.24, 2.45) is 0 Å². The largest absolute Gasteiger partial charge is 0.341 e. The monoisotopic (exact) mass is 384 g/mol. The summed E-state index contributed by atoms with van der Waals surface area (Å²) >= 11 is 1.24. The van der Waals surface area contributed by atoms with Gasteiger partial charge in [0.25, 0.3) is 5.91 Å². The molecule has 3 aromatic rings. The molecule has 8 heteroatoms. The number of nitrogens with one attached hydrogen (secondary N) is 2. The van der Waals surface area contributed by atoms with Crippen LogP contribution in [0.4, 0.5) is 9.52 Å². The van der Waals surface area contributed by atoms with E-state index in [1.54, 1.807) is 0 Å². The van der Waals surface area contributed by atoms with Gasteiger partial charge in [-0.05, 0) is 38.1 Å². The zero-order valence-corrected chi connectivity index (χ0v) is 15.5. The van der Waals surface area contributed by atoms with E-state index in [9.17, 15) is 14.0 Å². The first-order chi connectivity index (χ1) is 12.9. The van der Waals surface area contributed by atoms with Gasteiger partial charge in [0.1, 0.15) is 16.9 Å². The lowest BCUT2D eigenvalue weighted by atomic mass is 10.1. The summed E-state index contributed by atoms with van der Waals surface area (Å²) in [6.45, 7) is 3.52. The topological polar surface area (TPSA) is 84.0 Å². The van der Waals surface area contributed by atoms with Gasteiger partial charge in [0, 0.05) is 11.1 Å². The minimum Gasteiger partial charge on any atom is -0.341 e. The van der Waals surface area contributed by atoms with Crippen molar-refractivity contribution in [1.82, 2.24) is 15.5 Å². The molecule has 1 heterocycles. The molecule has 0 aliphatic heterocycles. The average Bonchev–Trinajstić information content (AvgIpc) is 3.10. The summed E-state index contributed by atoms with van der Waals surface area (Å²) in [6, 6.07) is 12.2. The molecular weight excluding hydrogens is 367 g/mol. The number of hydrogen-bond acceptors (Lipinski definition) is 5. The molecule has 0 aliphatic rings. The van der Waals surface area contributed by atoms with E-state index in [-0.39, 0.29) is 5.56 Å². The van der Waals surface area contributed by atoms with Crippen molar-refractivity contribution in [2.45, 2.75) is 19.9 Å². The first-order valence-corrected chi connectivity index (χ1v) is 9.02. The molecule has 2 amide bonds. The molecule has 0 spiro atoms. The van der Waals surface area contributed by atoms with Crippen LogP contribution >= 0.6 is 11.3 Å². The Balaban J connectivity index is 1.62. The van der Waals surface area contributed by atoms with Gasteiger partial charge in [-0.15, -0.1) is 10.2 Å². The third-order valence-corrected chi connectivity index (χ3v) is 4.64. The molecule has 0 fully saturated rings. The van der Waals surface area contributed by atoms with Crippen LogP contribution in [0.15, 0.2) is 48.5 Å². The van der Waals surface area contributed by atoms with E-state index < -0.39 is 23.7 Å². The molecule has 0 bridgehead atoms. The number of halogens is 1. The fourth-order valence-corrected chi connectivity index (χ4v) is 3.10. The normalized spacial score (nSPS) is 11.7. The van der Waals surface area contributed by atoms with E-state index in [2.05, 4.69) is 20.8 Å². The minimum atomic E-state index is -0.827. The maximum Gasteiger partial charge on any atom is 0.252 e. The van der Waals surface area contributed by atoms with Gasteiger partial charge >= 0.3 is 0 Å². The molecule has 2 N–H and O–H groups in total. The molecule has 0 unspecified atom stereocenters. The Morgan fingerprint density at radius 1 is 1.11 bits per heavy atom. The molecule has 0 saturated heterocycles. The number of aromatic nitrogens is 2. The minimum absolute atomic E-state index is 0.146. The third-order valence-electron chi connectivity index (χ3n) is 3.75. The van der Waals surface area contributed by atoms with E-state index in [4.69, 9.17) is 0 Å². The maximum atomic E-state index is 13.2. The first kappa shape index (κ1) is 18.7. The maximum absolute atomic E-state index is 13.2. The summed E-state index contributed by atoms with van der Waals surface area (Å²) in [4.78, 5) is 24.4. The highest BCUT2D eigenvalue weighted by Crippen LogP contribution is 2.26. The second-order valence-electron chi connectivity index (χ2n) is 5.98. The Hall–Kier alpha value is -3.13. The van der Waals surface area contributed by atoms with Crippen LogP contribution in [0, 0.1) is 12.7 Å². The van der Waals surface area contributed by atoms with E-state index >= 15 is 0 Å². The number of amides is 2. The first-order valence-electron chi connectivity index (χ1n) is 8.20. The van der Waals surface area contributed by atoms with Crippen LogP contribution in [-0.2, 0) is 4.79 Å². The predicted octanol–water partition coefficient (Wildman–Crippen LogP) is 3.41. The van der Waals surface area contributed by atoms with Gasteiger partial charge in [-0.25, -0.2) is 4.39 Å². The van der Waals surface area contributed by atoms with Crippen LogP contribution < -0.4 is 10.6 Å². The van der Waals surface area contributed by atoms with Crippen molar-refractivity contribution >= 4 is 28.3 Å². The summed E-state index contributed by atoms with van der Waals surface area (Å²) in [5, 5.41) is 14.2. The average molecular weight is 384 g/mol. The fourth-order valence-electron chi connectivity index (χ4n) is 2.36. The molecule has 2 aromatic carbocycles. The third kappa shape index (κ3) is 4.73. The lowest BCUT2D eigenvalue weighted by Crippen LogP contribution is -2.41. The summed E-state index contributed by atoms with van der Waals surface area (Å²) in [6.07, 6.45) is 0. The van der Waals surface area contributed by atoms with E-state index in [0.717, 1.165) is 17.2 Å². The summed E-state index contributed by atoms with van der Waals surface area (Å²) in [5.74, 6) is -1.49. The van der Waals surface area contributed by atoms with Gasteiger partial charge in [-0.3, -0.25) is 14.9 Å². The molecule has 138 valence electrons. The Labute approximate surface area is 159 Å². The highest BCUT2D eigenvalue weighted by molar-refractivity contribution is 7.18. The van der Waals surface area contributed by atoms with Crippen LogP contribution in [0.3, 0.4) is 0 Å². The number of nitrogens with zero attached hydrogens (tertiary/aromatic N) is 2. The Morgan fingerprint density at radius 3 is 2.63 bits per heavy atom. The molecule has 3 rings (SSSR count). The fraction of sp³-hybridized carbons (Fsp3) is 0.158. The highest BCUT2D eigenvalue weighted by atomic mass is 32.1. The second-order valence-corrected chi connectivity index (χ2v) is 6.95. The summed E-state index contributed by atoms with van der Waals surface area (Å²) < 4.78 is 13.2. The van der Waals surface area contributed by atoms with Crippen LogP contribution in [0.25, 0.3) is 10.6 Å². The zero-order valence-electron chi connectivity index (χ0n) is 14.7. The number of carbonyl (C=O) groups excluding carboxylic acids is 2. The summed E-state index contributed by atoms with van der Waals surface area (Å²) in [7, 11) is 0. The lowest BCUT2D eigenvalue weighted by Gasteiger charge is -2.12. The van der Waals surface area contributed by atoms with Gasteiger partial charge in [-0.2, -0.15) is 0 Å². The van der Waals surface area contributed by atoms with E-state index in [1.165, 1.54) is 36.5 Å². The van der Waals surface area contributed by atoms with Crippen LogP contribution in [0.2, 0.25) is 0 Å². The van der Waals surface area contributed by atoms with E-state index in [0.29, 0.717) is 10.1 Å². The van der Waals surface area contributed by atoms with Gasteiger partial charge in [0.2, 0.25) is 11.0 Å². The number of rotatable bonds is 5. The smallest absolute Gasteiger partial charge is 0.252 e. The number of hydrogen-bond donors (Lipinski definition) is 2. The number of anilines is 1. The van der Waals surface area contributed by atoms with Gasteiger partial charge < -0.3 is 5.32 Å². The number of carbonyl (C=O) groups is 2. The molecule has 27 heavy (non-hydrogen) atoms. The van der Waals surface area contributed by atoms with Crippen molar-refractivity contribution in [3.8, 4) is 10.6 Å². The predicted molar refractivity (Wildman–Crippen MR) is 102 cm³/mol. The molecule has 6 nitrogen and oxygen atoms in total. The molecule has 1 aromatic heterocycles. The molecule has 1 atom stereocenters. The summed E-state index contributed by atoms with van der Waals surface area (Å²) in [5.41, 5.74) is 2.16. The van der Waals surface area contributed by atoms with Gasteiger partial charge in [0.05, 0.1) is 0 Å². The van der Waals surface area contributed by atoms with Crippen molar-refractivity contribution in [3.05, 3.63) is 65.5 Å². The van der Waals surface area contributed by atoms with Gasteiger partial charge in [0.15, 0.2) is 0 Å². The van der Waals surface area contributed by atoms with Crippen LogP contribution in [0.5, 0.6) is 0 Å². The van der Waals surface area contributed by atoms with Crippen LogP contribution in [-0.4, -0.2) is 28.1 Å². The Morgan fingerprint density at radius 2 is 1.89 bits per heavy atom. The quantitative estimate of drug-likeness (QED) is 0.706. The van der Waals surface area contributed by atoms with Crippen molar-refractivity contribution < 1.29 is 14.0 Å². The molecule has 0 radical (unpaired) electrons. The second kappa shape index (κ2) is 8.05. The Bertz CT molecular complexity index is 989. The Kier molecular flexibility index (Phi) is 5.56. The van der Waals surface area contributed by atoms with Crippen LogP contribution in [0.1, 0.15) is 22.8 Å². The zero-order chi connectivity index (χ0) is 19.4. The standard InChI is InChI=1S/C19H17FN4O2S/c1-11-5-3-7-14(9-11)18-23-24-19(27-18)22-16(25)12(2)21-17(26)13-6-4-8-15(20)10-13/h3-10,12H,1-2H3,(H,21,26)(H,22,24,25)/t12-/m0/s1. The molecule has 0 aliphatic carbocycles. The molecular formula is C19H17FN4O2S. The van der Waals surface area contributed by atoms with Crippen molar-refractivity contribution in [1.29, 1.82) is 0 Å². The number of benzene rings is 2. The van der Waals surface area contributed by atoms with Crippen molar-refractivity contribution in [2.75, 3.05) is 5.32 Å². The van der Waals surface area contributed by atoms with E-state index in [1.807, 2.05) is 31.2 Å². The number of aryl methyl sites for hydroxylation is 1. The SMILES string of the molecule is Cc1cccc(-c2nnc(NC(=O)[C@H](C)NC(=O)c3cccc(F)c3)s2)c1. The lowest BCUT2D eigenvalue weighted by molar-refractivity contribution is -0.117. The molecule has 0 saturated carbocycles. The highest BCUT2D eigenvalue weighted by Gasteiger charge is 2.19. The van der Waals surface area contributed by atoms with Crippen molar-refractivity contribution in [3.63, 3.8) is 0 Å². The van der Waals surface area contributed by atoms with Gasteiger partial charge in [-0.1, -0.05) is 41.2 Å².